The third kappa shape index (κ3) is 4.22. The summed E-state index contributed by atoms with van der Waals surface area (Å²) in [5.41, 5.74) is 0.714. The van der Waals surface area contributed by atoms with Gasteiger partial charge in [-0.2, -0.15) is 0 Å². The molecule has 0 saturated carbocycles. The number of hydrogen-bond acceptors (Lipinski definition) is 5. The zero-order valence-corrected chi connectivity index (χ0v) is 9.10. The van der Waals surface area contributed by atoms with Gasteiger partial charge in [0.15, 0.2) is 0 Å². The van der Waals surface area contributed by atoms with Gasteiger partial charge in [-0.25, -0.2) is 4.79 Å². The third-order valence-corrected chi connectivity index (χ3v) is 1.83. The fraction of sp³-hybridized carbons (Fsp3) is 0.182. The number of methoxy groups -OCH3 is 1. The molecule has 1 rings (SSSR count). The molecule has 0 aromatic heterocycles. The Morgan fingerprint density at radius 1 is 1.47 bits per heavy atom. The zero-order valence-electron chi connectivity index (χ0n) is 9.10. The van der Waals surface area contributed by atoms with Gasteiger partial charge in [0.1, 0.15) is 0 Å². The number of non-ortho nitro benzene ring substituents is 1. The van der Waals surface area contributed by atoms with Crippen LogP contribution in [0, 0.1) is 22.0 Å². The summed E-state index contributed by atoms with van der Waals surface area (Å²) in [5, 5.41) is 13.3. The molecule has 0 bridgehead atoms. The molecule has 0 unspecified atom stereocenters. The lowest BCUT2D eigenvalue weighted by Gasteiger charge is -2.00. The number of rotatable bonds is 3. The number of nitro benzene ring substituents is 1. The number of nitrogens with zero attached hydrogens (tertiary/aromatic N) is 1. The molecule has 0 aliphatic heterocycles. The molecule has 6 heteroatoms. The maximum atomic E-state index is 10.6. The minimum Gasteiger partial charge on any atom is -0.459 e. The Balaban J connectivity index is 2.49. The van der Waals surface area contributed by atoms with Gasteiger partial charge in [-0.15, -0.1) is 0 Å². The van der Waals surface area contributed by atoms with E-state index in [4.69, 9.17) is 0 Å². The van der Waals surface area contributed by atoms with Crippen molar-refractivity contribution in [1.29, 1.82) is 0 Å². The molecule has 0 aliphatic carbocycles. The van der Waals surface area contributed by atoms with Gasteiger partial charge in [-0.1, -0.05) is 5.92 Å². The second-order valence-corrected chi connectivity index (χ2v) is 2.95. The lowest BCUT2D eigenvalue weighted by Crippen LogP contribution is -2.01. The van der Waals surface area contributed by atoms with Gasteiger partial charge in [0.2, 0.25) is 0 Å². The Morgan fingerprint density at radius 3 is 2.65 bits per heavy atom. The standard InChI is InChI=1S/C11H10N2O4/c1-17-11(14)3-2-8-12-9-4-6-10(7-5-9)13(15)16/h4-7,12H,8H2,1H3. The van der Waals surface area contributed by atoms with Crippen molar-refractivity contribution in [2.24, 2.45) is 0 Å². The highest BCUT2D eigenvalue weighted by molar-refractivity contribution is 5.88. The fourth-order valence-electron chi connectivity index (χ4n) is 1.01. The summed E-state index contributed by atoms with van der Waals surface area (Å²) in [6.45, 7) is 0.257. The number of nitro groups is 1. The van der Waals surface area contributed by atoms with Gasteiger partial charge in [-0.3, -0.25) is 10.1 Å². The molecule has 0 saturated heterocycles. The molecule has 0 spiro atoms. The minimum atomic E-state index is -0.601. The molecule has 0 heterocycles. The van der Waals surface area contributed by atoms with E-state index < -0.39 is 10.9 Å². The molecule has 6 nitrogen and oxygen atoms in total. The molecule has 17 heavy (non-hydrogen) atoms. The van der Waals surface area contributed by atoms with Gasteiger partial charge in [-0.05, 0) is 12.1 Å². The van der Waals surface area contributed by atoms with E-state index in [1.165, 1.54) is 19.2 Å². The highest BCUT2D eigenvalue weighted by Crippen LogP contribution is 2.14. The number of ether oxygens (including phenoxy) is 1. The lowest BCUT2D eigenvalue weighted by molar-refractivity contribution is -0.384. The Morgan fingerprint density at radius 2 is 2.12 bits per heavy atom. The first-order valence-corrected chi connectivity index (χ1v) is 4.68. The number of hydrogen-bond donors (Lipinski definition) is 1. The van der Waals surface area contributed by atoms with Crippen LogP contribution in [0.25, 0.3) is 0 Å². The van der Waals surface area contributed by atoms with Crippen molar-refractivity contribution < 1.29 is 14.5 Å². The van der Waals surface area contributed by atoms with Crippen LogP contribution < -0.4 is 5.32 Å². The van der Waals surface area contributed by atoms with Gasteiger partial charge >= 0.3 is 5.97 Å². The van der Waals surface area contributed by atoms with E-state index in [1.54, 1.807) is 12.1 Å². The molecule has 88 valence electrons. The second kappa shape index (κ2) is 6.12. The number of nitrogens with one attached hydrogen (secondary N) is 1. The average Bonchev–Trinajstić information content (AvgIpc) is 2.34. The van der Waals surface area contributed by atoms with E-state index in [-0.39, 0.29) is 12.2 Å². The SMILES string of the molecule is COC(=O)C#CCNc1ccc([N+](=O)[O-])cc1. The first kappa shape index (κ1) is 12.5. The molecular weight excluding hydrogens is 224 g/mol. The predicted octanol–water partition coefficient (Wildman–Crippen LogP) is 1.18. The molecule has 0 amide bonds. The molecule has 0 aliphatic rings. The van der Waals surface area contributed by atoms with E-state index >= 15 is 0 Å². The highest BCUT2D eigenvalue weighted by atomic mass is 16.6. The normalized spacial score (nSPS) is 8.76. The Bertz CT molecular complexity index is 470. The van der Waals surface area contributed by atoms with E-state index in [0.29, 0.717) is 5.69 Å². The third-order valence-electron chi connectivity index (χ3n) is 1.83. The quantitative estimate of drug-likeness (QED) is 0.279. The topological polar surface area (TPSA) is 81.5 Å². The van der Waals surface area contributed by atoms with Crippen molar-refractivity contribution in [1.82, 2.24) is 0 Å². The van der Waals surface area contributed by atoms with Crippen molar-refractivity contribution in [2.45, 2.75) is 0 Å². The first-order chi connectivity index (χ1) is 8.13. The number of carbonyl (C=O) groups excluding carboxylic acids is 1. The van der Waals surface area contributed by atoms with Crippen molar-refractivity contribution in [3.63, 3.8) is 0 Å². The summed E-state index contributed by atoms with van der Waals surface area (Å²) in [7, 11) is 1.25. The van der Waals surface area contributed by atoms with Crippen LogP contribution in [0.2, 0.25) is 0 Å². The molecule has 1 N–H and O–H groups in total. The molecule has 0 fully saturated rings. The average molecular weight is 234 g/mol. The van der Waals surface area contributed by atoms with Crippen LogP contribution >= 0.6 is 0 Å². The maximum absolute atomic E-state index is 10.6. The molecule has 0 radical (unpaired) electrons. The lowest BCUT2D eigenvalue weighted by atomic mass is 10.3. The van der Waals surface area contributed by atoms with Gasteiger partial charge in [0.05, 0.1) is 18.6 Å². The predicted molar refractivity (Wildman–Crippen MR) is 61.4 cm³/mol. The summed E-state index contributed by atoms with van der Waals surface area (Å²) in [4.78, 5) is 20.6. The van der Waals surface area contributed by atoms with Crippen LogP contribution in [-0.4, -0.2) is 24.5 Å². The largest absolute Gasteiger partial charge is 0.459 e. The summed E-state index contributed by atoms with van der Waals surface area (Å²) in [6, 6.07) is 5.90. The van der Waals surface area contributed by atoms with Crippen molar-refractivity contribution in [3.05, 3.63) is 34.4 Å². The Labute approximate surface area is 97.7 Å². The number of esters is 1. The van der Waals surface area contributed by atoms with Gasteiger partial charge in [0, 0.05) is 23.7 Å². The van der Waals surface area contributed by atoms with Crippen molar-refractivity contribution in [2.75, 3.05) is 19.0 Å². The summed E-state index contributed by atoms with van der Waals surface area (Å²) < 4.78 is 4.33. The van der Waals surface area contributed by atoms with E-state index in [9.17, 15) is 14.9 Å². The summed E-state index contributed by atoms with van der Waals surface area (Å²) in [6.07, 6.45) is 0. The minimum absolute atomic E-state index is 0.0243. The Hall–Kier alpha value is -2.55. The van der Waals surface area contributed by atoms with Crippen LogP contribution in [0.3, 0.4) is 0 Å². The number of anilines is 1. The second-order valence-electron chi connectivity index (χ2n) is 2.95. The summed E-state index contributed by atoms with van der Waals surface area (Å²) >= 11 is 0. The zero-order chi connectivity index (χ0) is 12.7. The van der Waals surface area contributed by atoms with Gasteiger partial charge < -0.3 is 10.1 Å². The Kier molecular flexibility index (Phi) is 4.51. The molecular formula is C11H10N2O4. The fourth-order valence-corrected chi connectivity index (χ4v) is 1.01. The molecule has 1 aromatic carbocycles. The molecule has 1 aromatic rings. The molecule has 0 atom stereocenters. The van der Waals surface area contributed by atoms with Crippen LogP contribution in [-0.2, 0) is 9.53 Å². The highest BCUT2D eigenvalue weighted by Gasteiger charge is 2.02. The summed E-state index contributed by atoms with van der Waals surface area (Å²) in [5.74, 6) is 4.20. The van der Waals surface area contributed by atoms with Crippen LogP contribution in [0.15, 0.2) is 24.3 Å². The first-order valence-electron chi connectivity index (χ1n) is 4.68. The smallest absolute Gasteiger partial charge is 0.384 e. The number of carbonyl (C=O) groups is 1. The van der Waals surface area contributed by atoms with Crippen molar-refractivity contribution >= 4 is 17.3 Å². The van der Waals surface area contributed by atoms with E-state index in [2.05, 4.69) is 21.9 Å². The number of benzene rings is 1. The van der Waals surface area contributed by atoms with E-state index in [0.717, 1.165) is 0 Å². The maximum Gasteiger partial charge on any atom is 0.384 e. The van der Waals surface area contributed by atoms with E-state index in [1.807, 2.05) is 0 Å². The van der Waals surface area contributed by atoms with Crippen LogP contribution in [0.4, 0.5) is 11.4 Å². The van der Waals surface area contributed by atoms with Gasteiger partial charge in [0.25, 0.3) is 5.69 Å². The van der Waals surface area contributed by atoms with Crippen molar-refractivity contribution in [3.8, 4) is 11.8 Å². The van der Waals surface area contributed by atoms with Crippen LogP contribution in [0.1, 0.15) is 0 Å². The monoisotopic (exact) mass is 234 g/mol. The van der Waals surface area contributed by atoms with Crippen LogP contribution in [0.5, 0.6) is 0 Å².